The van der Waals surface area contributed by atoms with Gasteiger partial charge in [-0.15, -0.1) is 0 Å². The van der Waals surface area contributed by atoms with Gasteiger partial charge >= 0.3 is 6.18 Å². The van der Waals surface area contributed by atoms with E-state index in [0.29, 0.717) is 0 Å². The first-order valence-electron chi connectivity index (χ1n) is 7.23. The Morgan fingerprint density at radius 3 is 2.31 bits per heavy atom. The molecule has 0 aliphatic heterocycles. The Morgan fingerprint density at radius 1 is 1.15 bits per heavy atom. The molecular weight excluding hydrogens is 349 g/mol. The van der Waals surface area contributed by atoms with Crippen LogP contribution in [-0.4, -0.2) is 18.1 Å². The second-order valence-electron chi connectivity index (χ2n) is 5.06. The number of aliphatic hydroxyl groups is 1. The minimum absolute atomic E-state index is 0.0450. The molecule has 0 aliphatic carbocycles. The number of aliphatic hydroxyl groups excluding tert-OH is 1. The highest BCUT2D eigenvalue weighted by molar-refractivity contribution is 6.11. The Balaban J connectivity index is 2.30. The van der Waals surface area contributed by atoms with Gasteiger partial charge in [0.25, 0.3) is 5.91 Å². The van der Waals surface area contributed by atoms with Crippen LogP contribution in [0.2, 0.25) is 0 Å². The minimum Gasteiger partial charge on any atom is -0.506 e. The highest BCUT2D eigenvalue weighted by Crippen LogP contribution is 2.30. The fraction of sp³-hybridized carbons (Fsp3) is 0.111. The number of amides is 1. The third-order valence-electron chi connectivity index (χ3n) is 3.41. The standard InChI is InChI=1S/C18H13F3N2O3/c1-26-15-5-3-2-4-13(15)16(24)14(10-22)17(25)23-12-8-6-11(7-9-12)18(19,20)21/h2-9,24H,1H3,(H,23,25)/b16-14-. The van der Waals surface area contributed by atoms with Crippen LogP contribution in [0.1, 0.15) is 11.1 Å². The number of para-hydroxylation sites is 1. The van der Waals surface area contributed by atoms with Crippen LogP contribution in [0.25, 0.3) is 5.76 Å². The van der Waals surface area contributed by atoms with Crippen LogP contribution in [0, 0.1) is 11.3 Å². The normalized spacial score (nSPS) is 12.0. The van der Waals surface area contributed by atoms with Gasteiger partial charge in [-0.05, 0) is 36.4 Å². The summed E-state index contributed by atoms with van der Waals surface area (Å²) in [5, 5.41) is 21.7. The summed E-state index contributed by atoms with van der Waals surface area (Å²) in [5.74, 6) is -1.31. The van der Waals surface area contributed by atoms with Crippen molar-refractivity contribution < 1.29 is 27.8 Å². The van der Waals surface area contributed by atoms with Crippen LogP contribution in [0.3, 0.4) is 0 Å². The van der Waals surface area contributed by atoms with Gasteiger partial charge in [-0.3, -0.25) is 4.79 Å². The summed E-state index contributed by atoms with van der Waals surface area (Å²) in [6.07, 6.45) is -4.50. The maximum absolute atomic E-state index is 12.5. The molecule has 2 aromatic rings. The van der Waals surface area contributed by atoms with Crippen LogP contribution >= 0.6 is 0 Å². The number of alkyl halides is 3. The highest BCUT2D eigenvalue weighted by atomic mass is 19.4. The number of rotatable bonds is 4. The molecule has 0 spiro atoms. The zero-order valence-electron chi connectivity index (χ0n) is 13.5. The molecule has 0 heterocycles. The summed E-state index contributed by atoms with van der Waals surface area (Å²) < 4.78 is 42.7. The molecule has 0 radical (unpaired) electrons. The van der Waals surface area contributed by atoms with E-state index in [1.165, 1.54) is 19.2 Å². The molecule has 26 heavy (non-hydrogen) atoms. The molecular formula is C18H13F3N2O3. The van der Waals surface area contributed by atoms with Gasteiger partial charge in [-0.25, -0.2) is 0 Å². The SMILES string of the molecule is COc1ccccc1/C(O)=C(\C#N)C(=O)Nc1ccc(C(F)(F)F)cc1. The van der Waals surface area contributed by atoms with Gasteiger partial charge in [-0.1, -0.05) is 12.1 Å². The van der Waals surface area contributed by atoms with E-state index in [4.69, 9.17) is 4.74 Å². The van der Waals surface area contributed by atoms with Gasteiger partial charge < -0.3 is 15.2 Å². The molecule has 0 fully saturated rings. The number of halogens is 3. The number of carbonyl (C=O) groups excluding carboxylic acids is 1. The van der Waals surface area contributed by atoms with Gasteiger partial charge in [0.1, 0.15) is 17.6 Å². The third-order valence-corrected chi connectivity index (χ3v) is 3.41. The molecule has 2 N–H and O–H groups in total. The fourth-order valence-electron chi connectivity index (χ4n) is 2.12. The zero-order chi connectivity index (χ0) is 19.3. The lowest BCUT2D eigenvalue weighted by atomic mass is 10.1. The van der Waals surface area contributed by atoms with Crippen LogP contribution in [0.4, 0.5) is 18.9 Å². The largest absolute Gasteiger partial charge is 0.506 e. The number of ether oxygens (including phenoxy) is 1. The van der Waals surface area contributed by atoms with Crippen molar-refractivity contribution in [3.8, 4) is 11.8 Å². The first-order valence-corrected chi connectivity index (χ1v) is 7.23. The first kappa shape index (κ1) is 18.9. The molecule has 2 rings (SSSR count). The van der Waals surface area contributed by atoms with Crippen molar-refractivity contribution >= 4 is 17.4 Å². The van der Waals surface area contributed by atoms with E-state index in [0.717, 1.165) is 24.3 Å². The first-order chi connectivity index (χ1) is 12.3. The van der Waals surface area contributed by atoms with E-state index in [-0.39, 0.29) is 17.0 Å². The molecule has 1 amide bonds. The smallest absolute Gasteiger partial charge is 0.416 e. The quantitative estimate of drug-likeness (QED) is 0.486. The molecule has 8 heteroatoms. The molecule has 5 nitrogen and oxygen atoms in total. The Kier molecular flexibility index (Phi) is 5.52. The van der Waals surface area contributed by atoms with E-state index in [1.54, 1.807) is 18.2 Å². The summed E-state index contributed by atoms with van der Waals surface area (Å²) in [4.78, 5) is 12.2. The lowest BCUT2D eigenvalue weighted by Crippen LogP contribution is -2.15. The van der Waals surface area contributed by atoms with Crippen LogP contribution in [-0.2, 0) is 11.0 Å². The number of hydrogen-bond donors (Lipinski definition) is 2. The van der Waals surface area contributed by atoms with E-state index in [9.17, 15) is 28.3 Å². The number of benzene rings is 2. The maximum Gasteiger partial charge on any atom is 0.416 e. The number of nitriles is 1. The van der Waals surface area contributed by atoms with Crippen molar-refractivity contribution in [2.75, 3.05) is 12.4 Å². The summed E-state index contributed by atoms with van der Waals surface area (Å²) in [6.45, 7) is 0. The monoisotopic (exact) mass is 362 g/mol. The van der Waals surface area contributed by atoms with E-state index in [2.05, 4.69) is 5.32 Å². The Hall–Kier alpha value is -3.47. The van der Waals surface area contributed by atoms with Crippen molar-refractivity contribution in [2.45, 2.75) is 6.18 Å². The lowest BCUT2D eigenvalue weighted by Gasteiger charge is -2.10. The number of anilines is 1. The molecule has 0 atom stereocenters. The summed E-state index contributed by atoms with van der Waals surface area (Å²) >= 11 is 0. The summed E-state index contributed by atoms with van der Waals surface area (Å²) in [6, 6.07) is 11.5. The van der Waals surface area contributed by atoms with Gasteiger partial charge in [-0.2, -0.15) is 18.4 Å². The van der Waals surface area contributed by atoms with Gasteiger partial charge in [0.2, 0.25) is 0 Å². The zero-order valence-corrected chi connectivity index (χ0v) is 13.5. The predicted molar refractivity (Wildman–Crippen MR) is 88.2 cm³/mol. The number of hydrogen-bond acceptors (Lipinski definition) is 4. The molecule has 0 bridgehead atoms. The summed E-state index contributed by atoms with van der Waals surface area (Å²) in [7, 11) is 1.36. The topological polar surface area (TPSA) is 82.3 Å². The van der Waals surface area contributed by atoms with Crippen molar-refractivity contribution in [1.82, 2.24) is 0 Å². The molecule has 0 saturated carbocycles. The minimum atomic E-state index is -4.50. The molecule has 0 aromatic heterocycles. The predicted octanol–water partition coefficient (Wildman–Crippen LogP) is 4.15. The van der Waals surface area contributed by atoms with Gasteiger partial charge in [0.15, 0.2) is 5.57 Å². The average Bonchev–Trinajstić information content (AvgIpc) is 2.61. The van der Waals surface area contributed by atoms with E-state index < -0.39 is 29.0 Å². The average molecular weight is 362 g/mol. The molecule has 0 unspecified atom stereocenters. The number of carbonyl (C=O) groups is 1. The number of nitrogens with one attached hydrogen (secondary N) is 1. The van der Waals surface area contributed by atoms with Crippen molar-refractivity contribution in [3.63, 3.8) is 0 Å². The molecule has 2 aromatic carbocycles. The van der Waals surface area contributed by atoms with Crippen molar-refractivity contribution in [2.24, 2.45) is 0 Å². The highest BCUT2D eigenvalue weighted by Gasteiger charge is 2.30. The second kappa shape index (κ2) is 7.61. The van der Waals surface area contributed by atoms with Gasteiger partial charge in [0.05, 0.1) is 18.2 Å². The fourth-order valence-corrected chi connectivity index (χ4v) is 2.12. The van der Waals surface area contributed by atoms with E-state index >= 15 is 0 Å². The van der Waals surface area contributed by atoms with Crippen LogP contribution in [0.5, 0.6) is 5.75 Å². The third kappa shape index (κ3) is 4.13. The lowest BCUT2D eigenvalue weighted by molar-refractivity contribution is -0.137. The Morgan fingerprint density at radius 2 is 1.77 bits per heavy atom. The number of methoxy groups -OCH3 is 1. The molecule has 0 aliphatic rings. The number of nitrogens with zero attached hydrogens (tertiary/aromatic N) is 1. The van der Waals surface area contributed by atoms with Crippen molar-refractivity contribution in [1.29, 1.82) is 5.26 Å². The van der Waals surface area contributed by atoms with E-state index in [1.807, 2.05) is 0 Å². The maximum atomic E-state index is 12.5. The molecule has 0 saturated heterocycles. The summed E-state index contributed by atoms with van der Waals surface area (Å²) in [5.41, 5.74) is -1.30. The van der Waals surface area contributed by atoms with Gasteiger partial charge in [0, 0.05) is 5.69 Å². The van der Waals surface area contributed by atoms with Crippen molar-refractivity contribution in [3.05, 3.63) is 65.2 Å². The Labute approximate surface area is 146 Å². The van der Waals surface area contributed by atoms with Crippen LogP contribution < -0.4 is 10.1 Å². The van der Waals surface area contributed by atoms with Crippen LogP contribution in [0.15, 0.2) is 54.1 Å². The molecule has 134 valence electrons. The Bertz CT molecular complexity index is 882. The second-order valence-corrected chi connectivity index (χ2v) is 5.06.